The normalized spacial score (nSPS) is 10.4. The summed E-state index contributed by atoms with van der Waals surface area (Å²) >= 11 is 1.49. The third kappa shape index (κ3) is 3.64. The van der Waals surface area contributed by atoms with Crippen LogP contribution in [0.15, 0.2) is 64.6 Å². The lowest BCUT2D eigenvalue weighted by Gasteiger charge is -2.08. The fraction of sp³-hybridized carbons (Fsp3) is 0. The van der Waals surface area contributed by atoms with Crippen molar-refractivity contribution in [3.8, 4) is 17.2 Å². The Morgan fingerprint density at radius 2 is 1.61 bits per heavy atom. The van der Waals surface area contributed by atoms with E-state index in [0.717, 1.165) is 9.92 Å². The van der Waals surface area contributed by atoms with Gasteiger partial charge in [-0.3, -0.25) is 0 Å². The maximum absolute atomic E-state index is 9.51. The van der Waals surface area contributed by atoms with Crippen LogP contribution in [0.1, 0.15) is 0 Å². The van der Waals surface area contributed by atoms with Crippen LogP contribution in [-0.2, 0) is 0 Å². The summed E-state index contributed by atoms with van der Waals surface area (Å²) in [6.07, 6.45) is 1.61. The number of aromatic hydroxyl groups is 3. The molecule has 0 radical (unpaired) electrons. The van der Waals surface area contributed by atoms with Gasteiger partial charge in [0.2, 0.25) is 5.95 Å². The van der Waals surface area contributed by atoms with Crippen molar-refractivity contribution in [2.24, 2.45) is 0 Å². The van der Waals surface area contributed by atoms with Gasteiger partial charge in [-0.15, -0.1) is 0 Å². The molecule has 0 aliphatic rings. The van der Waals surface area contributed by atoms with Gasteiger partial charge in [0.15, 0.2) is 17.2 Å². The lowest BCUT2D eigenvalue weighted by molar-refractivity contribution is 0.368. The Kier molecular flexibility index (Phi) is 4.20. The van der Waals surface area contributed by atoms with Gasteiger partial charge >= 0.3 is 0 Å². The molecule has 0 aliphatic heterocycles. The van der Waals surface area contributed by atoms with E-state index in [2.05, 4.69) is 15.3 Å². The van der Waals surface area contributed by atoms with Gasteiger partial charge < -0.3 is 20.6 Å². The zero-order valence-corrected chi connectivity index (χ0v) is 12.7. The van der Waals surface area contributed by atoms with Gasteiger partial charge in [0.25, 0.3) is 0 Å². The second kappa shape index (κ2) is 6.45. The number of nitrogens with zero attached hydrogens (tertiary/aromatic N) is 2. The predicted molar refractivity (Wildman–Crippen MR) is 87.3 cm³/mol. The third-order valence-electron chi connectivity index (χ3n) is 2.92. The first-order valence-corrected chi connectivity index (χ1v) is 7.51. The summed E-state index contributed by atoms with van der Waals surface area (Å²) in [5.41, 5.74) is 0.361. The van der Waals surface area contributed by atoms with Gasteiger partial charge in [-0.25, -0.2) is 9.97 Å². The van der Waals surface area contributed by atoms with Crippen LogP contribution in [0.2, 0.25) is 0 Å². The topological polar surface area (TPSA) is 98.5 Å². The molecule has 0 atom stereocenters. The second-order valence-electron chi connectivity index (χ2n) is 4.62. The highest BCUT2D eigenvalue weighted by atomic mass is 32.2. The fourth-order valence-electron chi connectivity index (χ4n) is 1.87. The second-order valence-corrected chi connectivity index (χ2v) is 5.72. The van der Waals surface area contributed by atoms with Gasteiger partial charge in [-0.1, -0.05) is 30.0 Å². The average molecular weight is 327 g/mol. The molecule has 0 saturated carbocycles. The molecule has 0 aliphatic carbocycles. The van der Waals surface area contributed by atoms with Crippen LogP contribution in [0.4, 0.5) is 11.6 Å². The van der Waals surface area contributed by atoms with E-state index < -0.39 is 17.2 Å². The van der Waals surface area contributed by atoms with Crippen LogP contribution in [-0.4, -0.2) is 25.3 Å². The first kappa shape index (κ1) is 15.0. The number of rotatable bonds is 4. The number of nitrogens with one attached hydrogen (secondary N) is 1. The Labute approximate surface area is 136 Å². The fourth-order valence-corrected chi connectivity index (χ4v) is 2.67. The van der Waals surface area contributed by atoms with Crippen molar-refractivity contribution in [2.45, 2.75) is 9.92 Å². The molecule has 0 spiro atoms. The Bertz CT molecular complexity index is 805. The molecule has 0 bridgehead atoms. The number of hydrogen-bond acceptors (Lipinski definition) is 7. The van der Waals surface area contributed by atoms with Crippen molar-refractivity contribution in [2.75, 3.05) is 5.32 Å². The molecule has 0 unspecified atom stereocenters. The van der Waals surface area contributed by atoms with E-state index in [0.29, 0.717) is 11.6 Å². The van der Waals surface area contributed by atoms with E-state index in [1.54, 1.807) is 12.3 Å². The quantitative estimate of drug-likeness (QED) is 0.331. The number of aromatic nitrogens is 2. The zero-order chi connectivity index (χ0) is 16.2. The van der Waals surface area contributed by atoms with Gasteiger partial charge in [-0.2, -0.15) is 0 Å². The smallest absolute Gasteiger partial charge is 0.228 e. The van der Waals surface area contributed by atoms with E-state index in [1.807, 2.05) is 30.3 Å². The highest BCUT2D eigenvalue weighted by Gasteiger charge is 2.09. The highest BCUT2D eigenvalue weighted by molar-refractivity contribution is 7.99. The SMILES string of the molecule is Oc1cc(Nc2nccc(Sc3ccccc3)n2)cc(O)c1O. The summed E-state index contributed by atoms with van der Waals surface area (Å²) in [6, 6.07) is 14.1. The maximum atomic E-state index is 9.51. The zero-order valence-electron chi connectivity index (χ0n) is 11.8. The molecule has 23 heavy (non-hydrogen) atoms. The molecule has 7 heteroatoms. The van der Waals surface area contributed by atoms with E-state index in [-0.39, 0.29) is 0 Å². The monoisotopic (exact) mass is 327 g/mol. The molecule has 4 N–H and O–H groups in total. The minimum Gasteiger partial charge on any atom is -0.504 e. The van der Waals surface area contributed by atoms with Crippen molar-refractivity contribution >= 4 is 23.4 Å². The van der Waals surface area contributed by atoms with Crippen LogP contribution in [0, 0.1) is 0 Å². The van der Waals surface area contributed by atoms with Gasteiger partial charge in [-0.05, 0) is 18.2 Å². The molecule has 116 valence electrons. The third-order valence-corrected chi connectivity index (χ3v) is 3.87. The van der Waals surface area contributed by atoms with Crippen LogP contribution in [0.5, 0.6) is 17.2 Å². The molecular weight excluding hydrogens is 314 g/mol. The van der Waals surface area contributed by atoms with Gasteiger partial charge in [0.05, 0.1) is 0 Å². The molecule has 0 saturated heterocycles. The van der Waals surface area contributed by atoms with E-state index >= 15 is 0 Å². The molecule has 1 heterocycles. The first-order valence-electron chi connectivity index (χ1n) is 6.70. The number of phenolic OH excluding ortho intramolecular Hbond substituents is 3. The van der Waals surface area contributed by atoms with Crippen LogP contribution < -0.4 is 5.32 Å². The number of hydrogen-bond donors (Lipinski definition) is 4. The van der Waals surface area contributed by atoms with E-state index in [4.69, 9.17) is 0 Å². The summed E-state index contributed by atoms with van der Waals surface area (Å²) in [5, 5.41) is 32.0. The van der Waals surface area contributed by atoms with Gasteiger partial charge in [0.1, 0.15) is 5.03 Å². The van der Waals surface area contributed by atoms with Crippen molar-refractivity contribution in [3.05, 3.63) is 54.7 Å². The summed E-state index contributed by atoms with van der Waals surface area (Å²) in [5.74, 6) is -1.11. The Hall–Kier alpha value is -2.93. The summed E-state index contributed by atoms with van der Waals surface area (Å²) in [6.45, 7) is 0. The van der Waals surface area contributed by atoms with Crippen molar-refractivity contribution in [3.63, 3.8) is 0 Å². The highest BCUT2D eigenvalue weighted by Crippen LogP contribution is 2.38. The van der Waals surface area contributed by atoms with Crippen molar-refractivity contribution in [1.29, 1.82) is 0 Å². The molecule has 0 amide bonds. The first-order chi connectivity index (χ1) is 11.1. The number of phenols is 3. The molecule has 3 rings (SSSR count). The standard InChI is InChI=1S/C16H13N3O3S/c20-12-8-10(9-13(21)15(12)22)18-16-17-7-6-14(19-16)23-11-4-2-1-3-5-11/h1-9,20-22H,(H,17,18,19). The summed E-state index contributed by atoms with van der Waals surface area (Å²) in [4.78, 5) is 9.51. The molecular formula is C16H13N3O3S. The van der Waals surface area contributed by atoms with Gasteiger partial charge in [0, 0.05) is 28.9 Å². The summed E-state index contributed by atoms with van der Waals surface area (Å²) in [7, 11) is 0. The minimum absolute atomic E-state index is 0.315. The predicted octanol–water partition coefficient (Wildman–Crippen LogP) is 3.49. The Morgan fingerprint density at radius 1 is 0.913 bits per heavy atom. The van der Waals surface area contributed by atoms with Crippen LogP contribution in [0.25, 0.3) is 0 Å². The maximum Gasteiger partial charge on any atom is 0.228 e. The molecule has 6 nitrogen and oxygen atoms in total. The summed E-state index contributed by atoms with van der Waals surface area (Å²) < 4.78 is 0. The molecule has 0 fully saturated rings. The van der Waals surface area contributed by atoms with E-state index in [9.17, 15) is 15.3 Å². The lowest BCUT2D eigenvalue weighted by Crippen LogP contribution is -1.97. The lowest BCUT2D eigenvalue weighted by atomic mass is 10.2. The Balaban J connectivity index is 1.80. The van der Waals surface area contributed by atoms with Crippen molar-refractivity contribution in [1.82, 2.24) is 9.97 Å². The van der Waals surface area contributed by atoms with Crippen LogP contribution in [0.3, 0.4) is 0 Å². The van der Waals surface area contributed by atoms with Crippen LogP contribution >= 0.6 is 11.8 Å². The molecule has 3 aromatic rings. The largest absolute Gasteiger partial charge is 0.504 e. The number of benzene rings is 2. The number of anilines is 2. The van der Waals surface area contributed by atoms with E-state index in [1.165, 1.54) is 23.9 Å². The molecule has 1 aromatic heterocycles. The Morgan fingerprint density at radius 3 is 2.30 bits per heavy atom. The molecule has 2 aromatic carbocycles. The average Bonchev–Trinajstić information content (AvgIpc) is 2.54. The minimum atomic E-state index is -0.565. The van der Waals surface area contributed by atoms with Crippen molar-refractivity contribution < 1.29 is 15.3 Å².